The summed E-state index contributed by atoms with van der Waals surface area (Å²) < 4.78 is 39.9. The fourth-order valence-corrected chi connectivity index (χ4v) is 4.46. The van der Waals surface area contributed by atoms with Gasteiger partial charge < -0.3 is 10.0 Å². The number of nitrogens with zero attached hydrogens (tertiary/aromatic N) is 3. The van der Waals surface area contributed by atoms with Gasteiger partial charge in [0.1, 0.15) is 5.82 Å². The molecule has 2 heterocycles. The number of carbonyl (C=O) groups is 1. The number of fused-ring (bicyclic) bond motifs is 1. The van der Waals surface area contributed by atoms with Crippen molar-refractivity contribution in [3.05, 3.63) is 53.5 Å². The third kappa shape index (κ3) is 3.36. The molecule has 142 valence electrons. The minimum absolute atomic E-state index is 0.101. The van der Waals surface area contributed by atoms with Crippen molar-refractivity contribution in [2.45, 2.75) is 24.9 Å². The number of hydrogen-bond donors (Lipinski definition) is 1. The Hall–Kier alpha value is -2.64. The summed E-state index contributed by atoms with van der Waals surface area (Å²) in [5, 5.41) is 9.05. The molecule has 5 nitrogen and oxygen atoms in total. The fraction of sp³-hybridized carbons (Fsp3) is 0.421. The van der Waals surface area contributed by atoms with Gasteiger partial charge in [0.25, 0.3) is 0 Å². The number of benzene rings is 1. The van der Waals surface area contributed by atoms with Crippen LogP contribution in [0, 0.1) is 11.8 Å². The smallest absolute Gasteiger partial charge is 0.416 e. The molecule has 1 aliphatic heterocycles. The predicted molar refractivity (Wildman–Crippen MR) is 91.6 cm³/mol. The standard InChI is InChI=1S/C19H18F3N3O2/c20-19(21,22)15-4-2-1-3-14(15)11-5-12-9-25(10-13(12)6-11)17-8-23-7-16(24-17)18(26)27/h1-4,7-8,11-13H,5-6,9-10H2,(H,26,27)/t11?,12-,13+. The van der Waals surface area contributed by atoms with Gasteiger partial charge in [-0.3, -0.25) is 4.98 Å². The quantitative estimate of drug-likeness (QED) is 0.881. The number of halogens is 3. The predicted octanol–water partition coefficient (Wildman–Crippen LogP) is 3.82. The van der Waals surface area contributed by atoms with Gasteiger partial charge in [-0.15, -0.1) is 0 Å². The number of anilines is 1. The average molecular weight is 377 g/mol. The van der Waals surface area contributed by atoms with Crippen molar-refractivity contribution in [3.63, 3.8) is 0 Å². The molecule has 1 aliphatic carbocycles. The van der Waals surface area contributed by atoms with Crippen molar-refractivity contribution in [1.82, 2.24) is 9.97 Å². The van der Waals surface area contributed by atoms with Gasteiger partial charge in [0, 0.05) is 13.1 Å². The van der Waals surface area contributed by atoms with E-state index in [4.69, 9.17) is 5.11 Å². The molecule has 1 N–H and O–H groups in total. The van der Waals surface area contributed by atoms with E-state index in [1.54, 1.807) is 12.1 Å². The van der Waals surface area contributed by atoms with E-state index in [1.165, 1.54) is 18.5 Å². The summed E-state index contributed by atoms with van der Waals surface area (Å²) in [6, 6.07) is 5.84. The van der Waals surface area contributed by atoms with Crippen molar-refractivity contribution in [1.29, 1.82) is 0 Å². The maximum atomic E-state index is 13.3. The van der Waals surface area contributed by atoms with Gasteiger partial charge in [0.2, 0.25) is 0 Å². The van der Waals surface area contributed by atoms with E-state index < -0.39 is 17.7 Å². The highest BCUT2D eigenvalue weighted by molar-refractivity contribution is 5.85. The first-order chi connectivity index (χ1) is 12.8. The van der Waals surface area contributed by atoms with Gasteiger partial charge in [0.15, 0.2) is 5.69 Å². The van der Waals surface area contributed by atoms with Crippen molar-refractivity contribution in [2.75, 3.05) is 18.0 Å². The molecule has 27 heavy (non-hydrogen) atoms. The Morgan fingerprint density at radius 1 is 1.11 bits per heavy atom. The van der Waals surface area contributed by atoms with Gasteiger partial charge in [-0.05, 0) is 42.2 Å². The van der Waals surface area contributed by atoms with Gasteiger partial charge in [0.05, 0.1) is 18.0 Å². The number of carboxylic acids is 1. The molecular weight excluding hydrogens is 359 g/mol. The van der Waals surface area contributed by atoms with E-state index in [2.05, 4.69) is 9.97 Å². The second-order valence-corrected chi connectivity index (χ2v) is 7.25. The van der Waals surface area contributed by atoms with E-state index >= 15 is 0 Å². The van der Waals surface area contributed by atoms with Crippen LogP contribution in [0.1, 0.15) is 40.4 Å². The number of carboxylic acid groups (broad SMARTS) is 1. The summed E-state index contributed by atoms with van der Waals surface area (Å²) in [6.45, 7) is 1.32. The maximum absolute atomic E-state index is 13.3. The van der Waals surface area contributed by atoms with Crippen LogP contribution >= 0.6 is 0 Å². The van der Waals surface area contributed by atoms with Gasteiger partial charge in [-0.1, -0.05) is 18.2 Å². The van der Waals surface area contributed by atoms with E-state index in [-0.39, 0.29) is 23.4 Å². The molecule has 2 aromatic rings. The summed E-state index contributed by atoms with van der Waals surface area (Å²) in [4.78, 5) is 21.1. The number of hydrogen-bond acceptors (Lipinski definition) is 4. The first-order valence-corrected chi connectivity index (χ1v) is 8.79. The Kier molecular flexibility index (Phi) is 4.28. The fourth-order valence-electron chi connectivity index (χ4n) is 4.46. The highest BCUT2D eigenvalue weighted by Gasteiger charge is 2.44. The second-order valence-electron chi connectivity index (χ2n) is 7.25. The average Bonchev–Trinajstić information content (AvgIpc) is 3.20. The van der Waals surface area contributed by atoms with Crippen LogP contribution < -0.4 is 4.90 Å². The summed E-state index contributed by atoms with van der Waals surface area (Å²) in [5.41, 5.74) is -0.257. The molecular formula is C19H18F3N3O2. The molecule has 4 rings (SSSR count). The van der Waals surface area contributed by atoms with Crippen molar-refractivity contribution >= 4 is 11.8 Å². The number of rotatable bonds is 3. The molecule has 0 bridgehead atoms. The minimum Gasteiger partial charge on any atom is -0.476 e. The number of alkyl halides is 3. The van der Waals surface area contributed by atoms with E-state index in [1.807, 2.05) is 4.90 Å². The highest BCUT2D eigenvalue weighted by atomic mass is 19.4. The lowest BCUT2D eigenvalue weighted by atomic mass is 9.91. The topological polar surface area (TPSA) is 66.3 Å². The molecule has 1 aromatic carbocycles. The third-order valence-corrected chi connectivity index (χ3v) is 5.62. The van der Waals surface area contributed by atoms with Crippen LogP contribution in [0.2, 0.25) is 0 Å². The zero-order valence-electron chi connectivity index (χ0n) is 14.4. The van der Waals surface area contributed by atoms with Crippen molar-refractivity contribution in [3.8, 4) is 0 Å². The monoisotopic (exact) mass is 377 g/mol. The summed E-state index contributed by atoms with van der Waals surface area (Å²) in [7, 11) is 0. The van der Waals surface area contributed by atoms with Crippen LogP contribution in [0.15, 0.2) is 36.7 Å². The van der Waals surface area contributed by atoms with E-state index in [0.29, 0.717) is 37.3 Å². The first-order valence-electron chi connectivity index (χ1n) is 8.79. The van der Waals surface area contributed by atoms with Crippen LogP contribution in [0.25, 0.3) is 0 Å². The lowest BCUT2D eigenvalue weighted by molar-refractivity contribution is -0.138. The molecule has 2 aliphatic rings. The Morgan fingerprint density at radius 2 is 1.78 bits per heavy atom. The normalized spacial score (nSPS) is 24.9. The molecule has 1 saturated heterocycles. The second kappa shape index (κ2) is 6.51. The molecule has 0 radical (unpaired) electrons. The van der Waals surface area contributed by atoms with Gasteiger partial charge >= 0.3 is 12.1 Å². The summed E-state index contributed by atoms with van der Waals surface area (Å²) in [5.74, 6) is -0.182. The van der Waals surface area contributed by atoms with E-state index in [0.717, 1.165) is 6.07 Å². The Morgan fingerprint density at radius 3 is 2.41 bits per heavy atom. The molecule has 0 spiro atoms. The summed E-state index contributed by atoms with van der Waals surface area (Å²) in [6.07, 6.45) is -0.218. The molecule has 2 fully saturated rings. The van der Waals surface area contributed by atoms with Crippen LogP contribution in [0.5, 0.6) is 0 Å². The largest absolute Gasteiger partial charge is 0.476 e. The number of aromatic carboxylic acids is 1. The molecule has 1 aromatic heterocycles. The number of aromatic nitrogens is 2. The maximum Gasteiger partial charge on any atom is 0.416 e. The Labute approximate surface area is 153 Å². The Balaban J connectivity index is 1.50. The third-order valence-electron chi connectivity index (χ3n) is 5.62. The lowest BCUT2D eigenvalue weighted by Gasteiger charge is -2.22. The van der Waals surface area contributed by atoms with Crippen molar-refractivity contribution < 1.29 is 23.1 Å². The van der Waals surface area contributed by atoms with Crippen molar-refractivity contribution in [2.24, 2.45) is 11.8 Å². The van der Waals surface area contributed by atoms with Crippen LogP contribution in [-0.2, 0) is 6.18 Å². The summed E-state index contributed by atoms with van der Waals surface area (Å²) >= 11 is 0. The van der Waals surface area contributed by atoms with Gasteiger partial charge in [-0.2, -0.15) is 13.2 Å². The van der Waals surface area contributed by atoms with Crippen LogP contribution in [-0.4, -0.2) is 34.1 Å². The molecule has 1 unspecified atom stereocenters. The van der Waals surface area contributed by atoms with Crippen LogP contribution in [0.4, 0.5) is 19.0 Å². The SMILES string of the molecule is O=C(O)c1cncc(N2C[C@H]3CC(c4ccccc4C(F)(F)F)C[C@H]3C2)n1. The molecule has 3 atom stereocenters. The zero-order chi connectivity index (χ0) is 19.2. The Bertz CT molecular complexity index is 857. The minimum atomic E-state index is -4.34. The lowest BCUT2D eigenvalue weighted by Crippen LogP contribution is -2.23. The molecule has 8 heteroatoms. The van der Waals surface area contributed by atoms with Gasteiger partial charge in [-0.25, -0.2) is 9.78 Å². The van der Waals surface area contributed by atoms with Crippen LogP contribution in [0.3, 0.4) is 0 Å². The first kappa shape index (κ1) is 17.8. The zero-order valence-corrected chi connectivity index (χ0v) is 14.4. The highest BCUT2D eigenvalue weighted by Crippen LogP contribution is 2.49. The molecule has 1 saturated carbocycles. The molecule has 0 amide bonds. The van der Waals surface area contributed by atoms with E-state index in [9.17, 15) is 18.0 Å².